The molecule has 0 amide bonds. The highest BCUT2D eigenvalue weighted by atomic mass is 16.3. The number of nitriles is 1. The summed E-state index contributed by atoms with van der Waals surface area (Å²) in [5.41, 5.74) is 1.53. The van der Waals surface area contributed by atoms with Gasteiger partial charge in [-0.15, -0.1) is 0 Å². The van der Waals surface area contributed by atoms with Gasteiger partial charge in [0.1, 0.15) is 6.07 Å². The minimum absolute atomic E-state index is 0.224. The van der Waals surface area contributed by atoms with E-state index in [1.807, 2.05) is 6.92 Å². The molecule has 4 heteroatoms. The molecule has 1 aromatic heterocycles. The Hall–Kier alpha value is -1.60. The monoisotopic (exact) mass is 217 g/mol. The highest BCUT2D eigenvalue weighted by molar-refractivity contribution is 5.57. The van der Waals surface area contributed by atoms with Crippen LogP contribution in [0.15, 0.2) is 18.5 Å². The summed E-state index contributed by atoms with van der Waals surface area (Å²) in [6.45, 7) is 3.59. The molecule has 1 aromatic rings. The molecule has 4 nitrogen and oxygen atoms in total. The molecule has 16 heavy (non-hydrogen) atoms. The summed E-state index contributed by atoms with van der Waals surface area (Å²) < 4.78 is 0. The van der Waals surface area contributed by atoms with Crippen LogP contribution in [0.4, 0.5) is 5.69 Å². The molecule has 0 aromatic carbocycles. The summed E-state index contributed by atoms with van der Waals surface area (Å²) in [4.78, 5) is 6.19. The minimum Gasteiger partial charge on any atom is -0.393 e. The van der Waals surface area contributed by atoms with Gasteiger partial charge in [0.2, 0.25) is 0 Å². The standard InChI is InChI=1S/C12H15N3O/c1-9-8-15(5-3-12(9)16)11-7-14-4-2-10(11)6-13/h2,4,7,9,12,16H,3,5,8H2,1H3. The number of aromatic nitrogens is 1. The van der Waals surface area contributed by atoms with Crippen molar-refractivity contribution >= 4 is 5.69 Å². The Morgan fingerprint density at radius 2 is 2.44 bits per heavy atom. The van der Waals surface area contributed by atoms with Gasteiger partial charge in [-0.2, -0.15) is 5.26 Å². The smallest absolute Gasteiger partial charge is 0.101 e. The van der Waals surface area contributed by atoms with E-state index in [-0.39, 0.29) is 12.0 Å². The van der Waals surface area contributed by atoms with Crippen LogP contribution in [0, 0.1) is 17.2 Å². The molecule has 1 saturated heterocycles. The minimum atomic E-state index is -0.224. The lowest BCUT2D eigenvalue weighted by Gasteiger charge is -2.36. The third-order valence-corrected chi connectivity index (χ3v) is 3.12. The first-order chi connectivity index (χ1) is 7.72. The summed E-state index contributed by atoms with van der Waals surface area (Å²) in [6, 6.07) is 3.90. The zero-order valence-corrected chi connectivity index (χ0v) is 9.30. The van der Waals surface area contributed by atoms with E-state index in [2.05, 4.69) is 16.0 Å². The Bertz CT molecular complexity index is 413. The van der Waals surface area contributed by atoms with Crippen molar-refractivity contribution in [1.29, 1.82) is 5.26 Å². The average Bonchev–Trinajstić information content (AvgIpc) is 2.32. The number of hydrogen-bond donors (Lipinski definition) is 1. The van der Waals surface area contributed by atoms with Crippen molar-refractivity contribution in [1.82, 2.24) is 4.98 Å². The van der Waals surface area contributed by atoms with E-state index >= 15 is 0 Å². The highest BCUT2D eigenvalue weighted by Gasteiger charge is 2.25. The maximum atomic E-state index is 9.66. The van der Waals surface area contributed by atoms with Gasteiger partial charge in [0, 0.05) is 19.3 Å². The van der Waals surface area contributed by atoms with Crippen molar-refractivity contribution in [2.45, 2.75) is 19.4 Å². The van der Waals surface area contributed by atoms with Crippen molar-refractivity contribution in [3.63, 3.8) is 0 Å². The Labute approximate surface area is 95.1 Å². The van der Waals surface area contributed by atoms with E-state index in [1.54, 1.807) is 18.5 Å². The zero-order chi connectivity index (χ0) is 11.5. The molecule has 2 heterocycles. The van der Waals surface area contributed by atoms with E-state index in [4.69, 9.17) is 5.26 Å². The van der Waals surface area contributed by atoms with Gasteiger partial charge in [-0.05, 0) is 18.4 Å². The first kappa shape index (κ1) is 10.9. The molecule has 2 atom stereocenters. The Kier molecular flexibility index (Phi) is 3.07. The molecule has 0 aliphatic carbocycles. The summed E-state index contributed by atoms with van der Waals surface area (Å²) in [5.74, 6) is 0.237. The van der Waals surface area contributed by atoms with E-state index in [1.165, 1.54) is 0 Å². The van der Waals surface area contributed by atoms with Crippen LogP contribution in [0.3, 0.4) is 0 Å². The quantitative estimate of drug-likeness (QED) is 0.766. The van der Waals surface area contributed by atoms with Crippen LogP contribution in [0.5, 0.6) is 0 Å². The molecule has 0 radical (unpaired) electrons. The molecule has 1 N–H and O–H groups in total. The molecular weight excluding hydrogens is 202 g/mol. The van der Waals surface area contributed by atoms with Gasteiger partial charge in [-0.3, -0.25) is 4.98 Å². The molecule has 1 fully saturated rings. The van der Waals surface area contributed by atoms with E-state index < -0.39 is 0 Å². The van der Waals surface area contributed by atoms with Crippen molar-refractivity contribution < 1.29 is 5.11 Å². The summed E-state index contributed by atoms with van der Waals surface area (Å²) in [7, 11) is 0. The maximum absolute atomic E-state index is 9.66. The number of piperidine rings is 1. The van der Waals surface area contributed by atoms with Crippen LogP contribution >= 0.6 is 0 Å². The first-order valence-electron chi connectivity index (χ1n) is 5.49. The predicted molar refractivity (Wildman–Crippen MR) is 61.0 cm³/mol. The van der Waals surface area contributed by atoms with E-state index in [0.29, 0.717) is 5.56 Å². The van der Waals surface area contributed by atoms with Gasteiger partial charge in [0.25, 0.3) is 0 Å². The SMILES string of the molecule is CC1CN(c2cnccc2C#N)CCC1O. The second kappa shape index (κ2) is 4.50. The van der Waals surface area contributed by atoms with Crippen LogP contribution in [0.25, 0.3) is 0 Å². The van der Waals surface area contributed by atoms with Crippen molar-refractivity contribution in [3.8, 4) is 6.07 Å². The van der Waals surface area contributed by atoms with Gasteiger partial charge >= 0.3 is 0 Å². The van der Waals surface area contributed by atoms with Crippen LogP contribution in [-0.2, 0) is 0 Å². The third kappa shape index (κ3) is 2.00. The normalized spacial score (nSPS) is 25.2. The lowest BCUT2D eigenvalue weighted by molar-refractivity contribution is 0.0970. The average molecular weight is 217 g/mol. The molecule has 0 bridgehead atoms. The number of aliphatic hydroxyl groups is 1. The summed E-state index contributed by atoms with van der Waals surface area (Å²) >= 11 is 0. The number of anilines is 1. The lowest BCUT2D eigenvalue weighted by atomic mass is 9.96. The fraction of sp³-hybridized carbons (Fsp3) is 0.500. The molecule has 84 valence electrons. The van der Waals surface area contributed by atoms with Crippen molar-refractivity contribution in [3.05, 3.63) is 24.0 Å². The van der Waals surface area contributed by atoms with Gasteiger partial charge < -0.3 is 10.0 Å². The molecule has 1 aliphatic heterocycles. The lowest BCUT2D eigenvalue weighted by Crippen LogP contribution is -2.42. The number of rotatable bonds is 1. The van der Waals surface area contributed by atoms with Crippen LogP contribution in [-0.4, -0.2) is 29.3 Å². The summed E-state index contributed by atoms with van der Waals surface area (Å²) in [6.07, 6.45) is 3.88. The van der Waals surface area contributed by atoms with E-state index in [9.17, 15) is 5.11 Å². The van der Waals surface area contributed by atoms with Crippen molar-refractivity contribution in [2.75, 3.05) is 18.0 Å². The van der Waals surface area contributed by atoms with Gasteiger partial charge in [-0.25, -0.2) is 0 Å². The molecule has 0 spiro atoms. The Morgan fingerprint density at radius 1 is 1.62 bits per heavy atom. The Balaban J connectivity index is 2.22. The van der Waals surface area contributed by atoms with Crippen LogP contribution < -0.4 is 4.90 Å². The fourth-order valence-electron chi connectivity index (χ4n) is 2.08. The van der Waals surface area contributed by atoms with Gasteiger partial charge in [0.05, 0.1) is 23.6 Å². The van der Waals surface area contributed by atoms with Gasteiger partial charge in [-0.1, -0.05) is 6.92 Å². The van der Waals surface area contributed by atoms with Crippen molar-refractivity contribution in [2.24, 2.45) is 5.92 Å². The summed E-state index contributed by atoms with van der Waals surface area (Å²) in [5, 5.41) is 18.7. The topological polar surface area (TPSA) is 60.2 Å². The highest BCUT2D eigenvalue weighted by Crippen LogP contribution is 2.25. The number of aliphatic hydroxyl groups excluding tert-OH is 1. The molecule has 0 saturated carbocycles. The predicted octanol–water partition coefficient (Wildman–Crippen LogP) is 1.16. The molecular formula is C12H15N3O. The molecule has 2 unspecified atom stereocenters. The van der Waals surface area contributed by atoms with E-state index in [0.717, 1.165) is 25.2 Å². The van der Waals surface area contributed by atoms with Crippen LogP contribution in [0.1, 0.15) is 18.9 Å². The number of pyridine rings is 1. The fourth-order valence-corrected chi connectivity index (χ4v) is 2.08. The number of hydrogen-bond acceptors (Lipinski definition) is 4. The Morgan fingerprint density at radius 3 is 3.12 bits per heavy atom. The van der Waals surface area contributed by atoms with Crippen LogP contribution in [0.2, 0.25) is 0 Å². The third-order valence-electron chi connectivity index (χ3n) is 3.12. The largest absolute Gasteiger partial charge is 0.393 e. The second-order valence-corrected chi connectivity index (χ2v) is 4.28. The molecule has 1 aliphatic rings. The van der Waals surface area contributed by atoms with Gasteiger partial charge in [0.15, 0.2) is 0 Å². The second-order valence-electron chi connectivity index (χ2n) is 4.28. The first-order valence-corrected chi connectivity index (χ1v) is 5.49. The molecule has 2 rings (SSSR count). The number of nitrogens with zero attached hydrogens (tertiary/aromatic N) is 3. The maximum Gasteiger partial charge on any atom is 0.101 e. The zero-order valence-electron chi connectivity index (χ0n) is 9.30.